The number of methoxy groups -OCH3 is 1. The lowest BCUT2D eigenvalue weighted by Gasteiger charge is -2.13. The number of hydrogen-bond acceptors (Lipinski definition) is 3. The molecule has 0 aliphatic carbocycles. The number of nitrogen functional groups attached to an aromatic ring is 1. The largest absolute Gasteiger partial charge is 0.497 e. The van der Waals surface area contributed by atoms with Crippen molar-refractivity contribution < 1.29 is 9.47 Å². The predicted molar refractivity (Wildman–Crippen MR) is 78.1 cm³/mol. The molecule has 3 nitrogen and oxygen atoms in total. The molecule has 0 saturated heterocycles. The lowest BCUT2D eigenvalue weighted by Crippen LogP contribution is -1.94. The van der Waals surface area contributed by atoms with Crippen LogP contribution in [0, 0.1) is 20.8 Å². The van der Waals surface area contributed by atoms with Gasteiger partial charge in [0, 0.05) is 23.9 Å². The Labute approximate surface area is 114 Å². The SMILES string of the molecule is COc1cc(N)cc(Oc2cc(C)cc(C)c2C)c1. The number of rotatable bonds is 3. The van der Waals surface area contributed by atoms with E-state index < -0.39 is 0 Å². The zero-order chi connectivity index (χ0) is 14.0. The van der Waals surface area contributed by atoms with Gasteiger partial charge in [-0.3, -0.25) is 0 Å². The van der Waals surface area contributed by atoms with Crippen molar-refractivity contribution in [3.05, 3.63) is 47.0 Å². The predicted octanol–water partition coefficient (Wildman–Crippen LogP) is 3.99. The summed E-state index contributed by atoms with van der Waals surface area (Å²) in [5.74, 6) is 2.23. The minimum absolute atomic E-state index is 0.622. The molecule has 2 N–H and O–H groups in total. The van der Waals surface area contributed by atoms with Crippen LogP contribution in [-0.4, -0.2) is 7.11 Å². The zero-order valence-corrected chi connectivity index (χ0v) is 11.8. The summed E-state index contributed by atoms with van der Waals surface area (Å²) in [5, 5.41) is 0. The minimum Gasteiger partial charge on any atom is -0.497 e. The molecule has 3 heteroatoms. The van der Waals surface area contributed by atoms with Crippen LogP contribution in [0.3, 0.4) is 0 Å². The molecule has 2 aromatic rings. The van der Waals surface area contributed by atoms with E-state index in [-0.39, 0.29) is 0 Å². The van der Waals surface area contributed by atoms with Crippen LogP contribution in [0.15, 0.2) is 30.3 Å². The van der Waals surface area contributed by atoms with E-state index in [4.69, 9.17) is 15.2 Å². The summed E-state index contributed by atoms with van der Waals surface area (Å²) >= 11 is 0. The number of aryl methyl sites for hydroxylation is 2. The number of ether oxygens (including phenoxy) is 2. The number of benzene rings is 2. The van der Waals surface area contributed by atoms with Crippen molar-refractivity contribution in [3.63, 3.8) is 0 Å². The Morgan fingerprint density at radius 1 is 0.895 bits per heavy atom. The van der Waals surface area contributed by atoms with Crippen molar-refractivity contribution in [2.75, 3.05) is 12.8 Å². The summed E-state index contributed by atoms with van der Waals surface area (Å²) < 4.78 is 11.1. The van der Waals surface area contributed by atoms with Gasteiger partial charge < -0.3 is 15.2 Å². The van der Waals surface area contributed by atoms with Gasteiger partial charge in [-0.15, -0.1) is 0 Å². The Kier molecular flexibility index (Phi) is 3.65. The van der Waals surface area contributed by atoms with Crippen molar-refractivity contribution in [1.29, 1.82) is 0 Å². The second-order valence-corrected chi connectivity index (χ2v) is 4.75. The minimum atomic E-state index is 0.622. The summed E-state index contributed by atoms with van der Waals surface area (Å²) in [6.45, 7) is 6.18. The Hall–Kier alpha value is -2.16. The molecule has 0 saturated carbocycles. The third-order valence-corrected chi connectivity index (χ3v) is 3.13. The van der Waals surface area contributed by atoms with Gasteiger partial charge >= 0.3 is 0 Å². The molecule has 0 fully saturated rings. The molecular formula is C16H19NO2. The molecule has 0 spiro atoms. The van der Waals surface area contributed by atoms with Crippen LogP contribution >= 0.6 is 0 Å². The Morgan fingerprint density at radius 2 is 1.58 bits per heavy atom. The van der Waals surface area contributed by atoms with E-state index in [0.717, 1.165) is 11.3 Å². The first-order chi connectivity index (χ1) is 8.99. The molecule has 0 heterocycles. The van der Waals surface area contributed by atoms with Gasteiger partial charge in [-0.1, -0.05) is 6.07 Å². The standard InChI is InChI=1S/C16H19NO2/c1-10-5-11(2)12(3)16(6-10)19-15-8-13(17)7-14(9-15)18-4/h5-9H,17H2,1-4H3. The fourth-order valence-corrected chi connectivity index (χ4v) is 2.00. The van der Waals surface area contributed by atoms with Crippen LogP contribution in [0.2, 0.25) is 0 Å². The highest BCUT2D eigenvalue weighted by atomic mass is 16.5. The topological polar surface area (TPSA) is 44.5 Å². The van der Waals surface area contributed by atoms with Crippen LogP contribution in [0.1, 0.15) is 16.7 Å². The van der Waals surface area contributed by atoms with E-state index in [9.17, 15) is 0 Å². The molecule has 0 amide bonds. The number of nitrogens with two attached hydrogens (primary N) is 1. The zero-order valence-electron chi connectivity index (χ0n) is 11.8. The summed E-state index contributed by atoms with van der Waals surface area (Å²) in [6.07, 6.45) is 0. The maximum atomic E-state index is 5.93. The van der Waals surface area contributed by atoms with Gasteiger partial charge in [-0.25, -0.2) is 0 Å². The highest BCUT2D eigenvalue weighted by molar-refractivity contribution is 5.52. The van der Waals surface area contributed by atoms with Crippen molar-refractivity contribution in [3.8, 4) is 17.2 Å². The van der Waals surface area contributed by atoms with Gasteiger partial charge in [0.05, 0.1) is 7.11 Å². The lowest BCUT2D eigenvalue weighted by molar-refractivity contribution is 0.409. The monoisotopic (exact) mass is 257 g/mol. The molecule has 0 aliphatic heterocycles. The lowest BCUT2D eigenvalue weighted by atomic mass is 10.1. The molecule has 0 radical (unpaired) electrons. The van der Waals surface area contributed by atoms with E-state index in [1.54, 1.807) is 19.2 Å². The molecule has 0 atom stereocenters. The van der Waals surface area contributed by atoms with E-state index in [2.05, 4.69) is 19.9 Å². The first-order valence-corrected chi connectivity index (χ1v) is 6.20. The van der Waals surface area contributed by atoms with Crippen molar-refractivity contribution >= 4 is 5.69 Å². The summed E-state index contributed by atoms with van der Waals surface area (Å²) in [6, 6.07) is 9.55. The van der Waals surface area contributed by atoms with Gasteiger partial charge in [-0.05, 0) is 43.5 Å². The van der Waals surface area contributed by atoms with Crippen LogP contribution in [-0.2, 0) is 0 Å². The first kappa shape index (κ1) is 13.3. The number of hydrogen-bond donors (Lipinski definition) is 1. The van der Waals surface area contributed by atoms with Crippen molar-refractivity contribution in [2.24, 2.45) is 0 Å². The van der Waals surface area contributed by atoms with Gasteiger partial charge in [0.25, 0.3) is 0 Å². The number of anilines is 1. The van der Waals surface area contributed by atoms with Crippen LogP contribution < -0.4 is 15.2 Å². The average molecular weight is 257 g/mol. The summed E-state index contributed by atoms with van der Waals surface area (Å²) in [7, 11) is 1.61. The van der Waals surface area contributed by atoms with Crippen molar-refractivity contribution in [1.82, 2.24) is 0 Å². The van der Waals surface area contributed by atoms with E-state index in [1.807, 2.05) is 19.1 Å². The fourth-order valence-electron chi connectivity index (χ4n) is 2.00. The fraction of sp³-hybridized carbons (Fsp3) is 0.250. The molecule has 19 heavy (non-hydrogen) atoms. The van der Waals surface area contributed by atoms with Gasteiger partial charge in [0.15, 0.2) is 0 Å². The quantitative estimate of drug-likeness (QED) is 0.845. The third kappa shape index (κ3) is 2.99. The molecule has 0 bridgehead atoms. The van der Waals surface area contributed by atoms with Gasteiger partial charge in [0.1, 0.15) is 17.2 Å². The van der Waals surface area contributed by atoms with Gasteiger partial charge in [-0.2, -0.15) is 0 Å². The highest BCUT2D eigenvalue weighted by Gasteiger charge is 2.07. The Bertz CT molecular complexity index is 606. The van der Waals surface area contributed by atoms with Crippen LogP contribution in [0.5, 0.6) is 17.2 Å². The average Bonchev–Trinajstić information content (AvgIpc) is 2.34. The smallest absolute Gasteiger partial charge is 0.133 e. The van der Waals surface area contributed by atoms with Crippen LogP contribution in [0.25, 0.3) is 0 Å². The molecular weight excluding hydrogens is 238 g/mol. The normalized spacial score (nSPS) is 10.3. The Balaban J connectivity index is 2.38. The van der Waals surface area contributed by atoms with E-state index >= 15 is 0 Å². The molecule has 2 aromatic carbocycles. The van der Waals surface area contributed by atoms with E-state index in [0.29, 0.717) is 17.2 Å². The molecule has 0 unspecified atom stereocenters. The second-order valence-electron chi connectivity index (χ2n) is 4.75. The maximum absolute atomic E-state index is 5.93. The molecule has 0 aromatic heterocycles. The van der Waals surface area contributed by atoms with Crippen molar-refractivity contribution in [2.45, 2.75) is 20.8 Å². The summed E-state index contributed by atoms with van der Waals surface area (Å²) in [5.41, 5.74) is 9.97. The third-order valence-electron chi connectivity index (χ3n) is 3.13. The van der Waals surface area contributed by atoms with Crippen LogP contribution in [0.4, 0.5) is 5.69 Å². The van der Waals surface area contributed by atoms with Gasteiger partial charge in [0.2, 0.25) is 0 Å². The molecule has 2 rings (SSSR count). The molecule has 100 valence electrons. The maximum Gasteiger partial charge on any atom is 0.133 e. The Morgan fingerprint density at radius 3 is 2.26 bits per heavy atom. The molecule has 0 aliphatic rings. The highest BCUT2D eigenvalue weighted by Crippen LogP contribution is 2.31. The van der Waals surface area contributed by atoms with E-state index in [1.165, 1.54) is 11.1 Å². The first-order valence-electron chi connectivity index (χ1n) is 6.20. The second kappa shape index (κ2) is 5.22. The summed E-state index contributed by atoms with van der Waals surface area (Å²) in [4.78, 5) is 0.